The average Bonchev–Trinajstić information content (AvgIpc) is 1.88. The second kappa shape index (κ2) is 6.21. The highest BCUT2D eigenvalue weighted by Gasteiger charge is 1.89. The highest BCUT2D eigenvalue weighted by Crippen LogP contribution is 2.17. The number of hydrogen-bond donors (Lipinski definition) is 0. The fourth-order valence-corrected chi connectivity index (χ4v) is 1.50. The lowest BCUT2D eigenvalue weighted by Crippen LogP contribution is -1.73. The molecule has 0 fully saturated rings. The first-order chi connectivity index (χ1) is 4.35. The zero-order valence-electron chi connectivity index (χ0n) is 6.61. The summed E-state index contributed by atoms with van der Waals surface area (Å²) in [6.45, 7) is 4.41. The Morgan fingerprint density at radius 1 is 1.44 bits per heavy atom. The molecule has 0 heterocycles. The van der Waals surface area contributed by atoms with Crippen molar-refractivity contribution in [2.24, 2.45) is 0 Å². The van der Waals surface area contributed by atoms with Crippen LogP contribution in [0.5, 0.6) is 0 Å². The van der Waals surface area contributed by atoms with E-state index in [-0.39, 0.29) is 0 Å². The van der Waals surface area contributed by atoms with Gasteiger partial charge in [0, 0.05) is 0 Å². The Hall–Kier alpha value is 0.0900. The van der Waals surface area contributed by atoms with E-state index in [1.54, 1.807) is 4.91 Å². The molecule has 0 N–H and O–H groups in total. The van der Waals surface area contributed by atoms with Crippen LogP contribution in [0.25, 0.3) is 0 Å². The van der Waals surface area contributed by atoms with Gasteiger partial charge in [0.25, 0.3) is 0 Å². The molecule has 0 aromatic heterocycles. The zero-order chi connectivity index (χ0) is 7.11. The molecule has 0 rings (SSSR count). The Kier molecular flexibility index (Phi) is 6.28. The second-order valence-corrected chi connectivity index (χ2v) is 2.97. The van der Waals surface area contributed by atoms with Crippen LogP contribution in [0.3, 0.4) is 0 Å². The van der Waals surface area contributed by atoms with E-state index < -0.39 is 0 Å². The molecule has 0 aliphatic rings. The number of hydrogen-bond acceptors (Lipinski definition) is 1. The summed E-state index contributed by atoms with van der Waals surface area (Å²) < 4.78 is 0. The maximum absolute atomic E-state index is 2.31. The standard InChI is InChI=1S/C8H16S/c1-4-6-8(9-3)7-5-2/h6H,4-5,7H2,1-3H3/b8-6-. The summed E-state index contributed by atoms with van der Waals surface area (Å²) in [5.74, 6) is 0. The van der Waals surface area contributed by atoms with E-state index in [9.17, 15) is 0 Å². The normalized spacial score (nSPS) is 12.1. The van der Waals surface area contributed by atoms with E-state index in [1.165, 1.54) is 19.3 Å². The molecule has 54 valence electrons. The van der Waals surface area contributed by atoms with Crippen molar-refractivity contribution in [3.8, 4) is 0 Å². The summed E-state index contributed by atoms with van der Waals surface area (Å²) in [6.07, 6.45) is 8.17. The molecule has 0 atom stereocenters. The Labute approximate surface area is 62.7 Å². The van der Waals surface area contributed by atoms with Gasteiger partial charge in [-0.3, -0.25) is 0 Å². The smallest absolute Gasteiger partial charge is 0.0140 e. The molecular weight excluding hydrogens is 128 g/mol. The van der Waals surface area contributed by atoms with Crippen LogP contribution in [0.15, 0.2) is 11.0 Å². The fourth-order valence-electron chi connectivity index (χ4n) is 0.762. The molecule has 0 unspecified atom stereocenters. The van der Waals surface area contributed by atoms with Gasteiger partial charge in [0.05, 0.1) is 0 Å². The van der Waals surface area contributed by atoms with Crippen molar-refractivity contribution in [3.05, 3.63) is 11.0 Å². The topological polar surface area (TPSA) is 0 Å². The van der Waals surface area contributed by atoms with Crippen molar-refractivity contribution in [3.63, 3.8) is 0 Å². The van der Waals surface area contributed by atoms with E-state index in [0.29, 0.717) is 0 Å². The van der Waals surface area contributed by atoms with Gasteiger partial charge in [-0.1, -0.05) is 26.3 Å². The molecule has 0 aromatic carbocycles. The third-order valence-electron chi connectivity index (χ3n) is 1.19. The van der Waals surface area contributed by atoms with Crippen LogP contribution < -0.4 is 0 Å². The predicted octanol–water partition coefficient (Wildman–Crippen LogP) is 3.44. The molecular formula is C8H16S. The number of thioether (sulfide) groups is 1. The van der Waals surface area contributed by atoms with Crippen LogP contribution in [0, 0.1) is 0 Å². The van der Waals surface area contributed by atoms with Crippen molar-refractivity contribution in [1.29, 1.82) is 0 Å². The predicted molar refractivity (Wildman–Crippen MR) is 46.8 cm³/mol. The van der Waals surface area contributed by atoms with E-state index >= 15 is 0 Å². The largest absolute Gasteiger partial charge is 0.134 e. The molecule has 0 aliphatic carbocycles. The van der Waals surface area contributed by atoms with Crippen LogP contribution in [0.1, 0.15) is 33.1 Å². The highest BCUT2D eigenvalue weighted by molar-refractivity contribution is 8.02. The second-order valence-electron chi connectivity index (χ2n) is 2.03. The van der Waals surface area contributed by atoms with Gasteiger partial charge in [0.1, 0.15) is 0 Å². The van der Waals surface area contributed by atoms with Gasteiger partial charge in [-0.15, -0.1) is 11.8 Å². The van der Waals surface area contributed by atoms with Crippen molar-refractivity contribution in [2.75, 3.05) is 6.26 Å². The molecule has 0 saturated heterocycles. The van der Waals surface area contributed by atoms with Crippen molar-refractivity contribution < 1.29 is 0 Å². The lowest BCUT2D eigenvalue weighted by molar-refractivity contribution is 0.940. The first-order valence-corrected chi connectivity index (χ1v) is 4.80. The minimum absolute atomic E-state index is 1.18. The summed E-state index contributed by atoms with van der Waals surface area (Å²) in [5, 5.41) is 0. The summed E-state index contributed by atoms with van der Waals surface area (Å²) in [4.78, 5) is 1.54. The Morgan fingerprint density at radius 3 is 2.44 bits per heavy atom. The average molecular weight is 144 g/mol. The van der Waals surface area contributed by atoms with Crippen LogP contribution in [0.4, 0.5) is 0 Å². The summed E-state index contributed by atoms with van der Waals surface area (Å²) >= 11 is 1.88. The molecule has 0 aliphatic heterocycles. The Balaban J connectivity index is 3.53. The minimum Gasteiger partial charge on any atom is -0.134 e. The molecule has 0 saturated carbocycles. The number of allylic oxidation sites excluding steroid dienone is 2. The maximum Gasteiger partial charge on any atom is -0.0140 e. The summed E-state index contributed by atoms with van der Waals surface area (Å²) in [5.41, 5.74) is 0. The fraction of sp³-hybridized carbons (Fsp3) is 0.750. The summed E-state index contributed by atoms with van der Waals surface area (Å²) in [7, 11) is 0. The molecule has 0 spiro atoms. The Morgan fingerprint density at radius 2 is 2.11 bits per heavy atom. The molecule has 0 amide bonds. The van der Waals surface area contributed by atoms with E-state index in [2.05, 4.69) is 26.2 Å². The molecule has 0 nitrogen and oxygen atoms in total. The molecule has 9 heavy (non-hydrogen) atoms. The van der Waals surface area contributed by atoms with Crippen LogP contribution in [0.2, 0.25) is 0 Å². The summed E-state index contributed by atoms with van der Waals surface area (Å²) in [6, 6.07) is 0. The highest BCUT2D eigenvalue weighted by atomic mass is 32.2. The van der Waals surface area contributed by atoms with Crippen LogP contribution >= 0.6 is 11.8 Å². The van der Waals surface area contributed by atoms with Crippen molar-refractivity contribution in [1.82, 2.24) is 0 Å². The van der Waals surface area contributed by atoms with Crippen LogP contribution in [-0.4, -0.2) is 6.26 Å². The van der Waals surface area contributed by atoms with E-state index in [4.69, 9.17) is 0 Å². The zero-order valence-corrected chi connectivity index (χ0v) is 7.42. The SMILES string of the molecule is CC/C=C(/CCC)SC. The quantitative estimate of drug-likeness (QED) is 0.582. The van der Waals surface area contributed by atoms with Gasteiger partial charge < -0.3 is 0 Å². The lowest BCUT2D eigenvalue weighted by Gasteiger charge is -1.98. The first kappa shape index (κ1) is 9.09. The monoisotopic (exact) mass is 144 g/mol. The Bertz CT molecular complexity index is 84.6. The number of rotatable bonds is 4. The maximum atomic E-state index is 2.31. The van der Waals surface area contributed by atoms with Gasteiger partial charge in [-0.25, -0.2) is 0 Å². The van der Waals surface area contributed by atoms with Crippen molar-refractivity contribution >= 4 is 11.8 Å². The molecule has 0 aromatic rings. The van der Waals surface area contributed by atoms with Gasteiger partial charge in [-0.05, 0) is 24.0 Å². The van der Waals surface area contributed by atoms with Crippen LogP contribution in [-0.2, 0) is 0 Å². The first-order valence-electron chi connectivity index (χ1n) is 3.58. The molecule has 0 bridgehead atoms. The third kappa shape index (κ3) is 4.58. The van der Waals surface area contributed by atoms with Gasteiger partial charge >= 0.3 is 0 Å². The van der Waals surface area contributed by atoms with Crippen molar-refractivity contribution in [2.45, 2.75) is 33.1 Å². The molecule has 0 radical (unpaired) electrons. The third-order valence-corrected chi connectivity index (χ3v) is 2.09. The van der Waals surface area contributed by atoms with E-state index in [1.807, 2.05) is 11.8 Å². The molecule has 1 heteroatoms. The van der Waals surface area contributed by atoms with Gasteiger partial charge in [0.2, 0.25) is 0 Å². The lowest BCUT2D eigenvalue weighted by atomic mass is 10.3. The van der Waals surface area contributed by atoms with Gasteiger partial charge in [0.15, 0.2) is 0 Å². The van der Waals surface area contributed by atoms with E-state index in [0.717, 1.165) is 0 Å². The minimum atomic E-state index is 1.18. The van der Waals surface area contributed by atoms with Gasteiger partial charge in [-0.2, -0.15) is 0 Å².